The number of carbonyl (C=O) groups excluding carboxylic acids is 4. The maximum absolute atomic E-state index is 15.4. The minimum atomic E-state index is -1.58. The van der Waals surface area contributed by atoms with Gasteiger partial charge in [-0.1, -0.05) is 70.7 Å². The van der Waals surface area contributed by atoms with Crippen LogP contribution in [0.1, 0.15) is 35.4 Å². The van der Waals surface area contributed by atoms with Gasteiger partial charge >= 0.3 is 0 Å². The first-order chi connectivity index (χ1) is 25.9. The Morgan fingerprint density at radius 2 is 1.57 bits per heavy atom. The highest BCUT2D eigenvalue weighted by atomic mass is 35.5. The number of nitrogens with one attached hydrogen (secondary N) is 1. The maximum Gasteiger partial charge on any atom is 0.260 e. The van der Waals surface area contributed by atoms with E-state index in [1.807, 2.05) is 13.0 Å². The first-order valence-electron chi connectivity index (χ1n) is 17.4. The number of phenolic OH excluding ortho intramolecular Hbond substituents is 1. The molecule has 0 unspecified atom stereocenters. The predicted octanol–water partition coefficient (Wildman–Crippen LogP) is 7.87. The Balaban J connectivity index is 1.33. The van der Waals surface area contributed by atoms with Gasteiger partial charge in [-0.3, -0.25) is 24.6 Å². The number of halogens is 3. The number of allylic oxidation sites excluding steroid dienone is 2. The van der Waals surface area contributed by atoms with Gasteiger partial charge in [-0.05, 0) is 97.0 Å². The zero-order chi connectivity index (χ0) is 38.2. The van der Waals surface area contributed by atoms with Crippen molar-refractivity contribution in [3.05, 3.63) is 122 Å². The van der Waals surface area contributed by atoms with Gasteiger partial charge in [0, 0.05) is 16.0 Å². The van der Waals surface area contributed by atoms with Crippen LogP contribution in [-0.4, -0.2) is 48.0 Å². The van der Waals surface area contributed by atoms with Gasteiger partial charge in [0.2, 0.25) is 11.8 Å². The molecule has 0 radical (unpaired) electrons. The SMILES string of the molecule is COc1ccc([C@@]23C(=O)N(Nc4ccc(Cl)cc4Cl)C(=O)[C@@H]2C[C@@H]2C(=CC[C@@H]4C(=O)N(c5ccc(C)c(Cl)c5)C(=O)[C@@H]42)[C@@H]3c2ccc(OC)c(O)c2)cc1. The van der Waals surface area contributed by atoms with Crippen LogP contribution in [-0.2, 0) is 24.6 Å². The van der Waals surface area contributed by atoms with Crippen molar-refractivity contribution in [3.63, 3.8) is 0 Å². The second-order valence-electron chi connectivity index (χ2n) is 14.1. The number of amides is 4. The summed E-state index contributed by atoms with van der Waals surface area (Å²) in [5, 5.41) is 13.1. The van der Waals surface area contributed by atoms with Crippen LogP contribution in [0.2, 0.25) is 15.1 Å². The van der Waals surface area contributed by atoms with Crippen molar-refractivity contribution in [1.82, 2.24) is 5.01 Å². The number of carbonyl (C=O) groups is 4. The summed E-state index contributed by atoms with van der Waals surface area (Å²) in [6, 6.07) is 21.6. The second kappa shape index (κ2) is 13.4. The Bertz CT molecular complexity index is 2300. The Morgan fingerprint density at radius 3 is 2.24 bits per heavy atom. The number of benzene rings is 4. The smallest absolute Gasteiger partial charge is 0.260 e. The summed E-state index contributed by atoms with van der Waals surface area (Å²) in [7, 11) is 2.97. The summed E-state index contributed by atoms with van der Waals surface area (Å²) < 4.78 is 10.8. The van der Waals surface area contributed by atoms with Crippen molar-refractivity contribution in [2.45, 2.75) is 31.1 Å². The molecule has 4 aromatic carbocycles. The lowest BCUT2D eigenvalue weighted by Gasteiger charge is -2.50. The highest BCUT2D eigenvalue weighted by Gasteiger charge is 2.70. The summed E-state index contributed by atoms with van der Waals surface area (Å²) in [6.07, 6.45) is 2.25. The van der Waals surface area contributed by atoms with Crippen LogP contribution in [0.5, 0.6) is 17.2 Å². The average Bonchev–Trinajstić information content (AvgIpc) is 3.54. The number of anilines is 2. The Morgan fingerprint density at radius 1 is 0.815 bits per heavy atom. The number of phenols is 1. The zero-order valence-electron chi connectivity index (χ0n) is 29.3. The number of hydrogen-bond donors (Lipinski definition) is 2. The highest BCUT2D eigenvalue weighted by Crippen LogP contribution is 2.64. The van der Waals surface area contributed by atoms with E-state index in [4.69, 9.17) is 44.3 Å². The topological polar surface area (TPSA) is 125 Å². The molecule has 0 aromatic heterocycles. The zero-order valence-corrected chi connectivity index (χ0v) is 31.6. The molecule has 2 N–H and O–H groups in total. The van der Waals surface area contributed by atoms with Gasteiger partial charge in [-0.25, -0.2) is 4.90 Å². The third kappa shape index (κ3) is 5.29. The highest BCUT2D eigenvalue weighted by molar-refractivity contribution is 6.36. The molecule has 0 spiro atoms. The fourth-order valence-corrected chi connectivity index (χ4v) is 9.71. The molecule has 2 saturated heterocycles. The van der Waals surface area contributed by atoms with E-state index in [2.05, 4.69) is 5.43 Å². The van der Waals surface area contributed by atoms with Crippen molar-refractivity contribution in [3.8, 4) is 17.2 Å². The van der Waals surface area contributed by atoms with Gasteiger partial charge in [0.15, 0.2) is 11.5 Å². The lowest BCUT2D eigenvalue weighted by Crippen LogP contribution is -2.53. The molecule has 4 amide bonds. The van der Waals surface area contributed by atoms with Crippen molar-refractivity contribution in [2.24, 2.45) is 23.7 Å². The third-order valence-corrected chi connectivity index (χ3v) is 12.5. The molecule has 4 aliphatic rings. The number of aryl methyl sites for hydroxylation is 1. The normalized spacial score (nSPS) is 26.0. The molecule has 276 valence electrons. The van der Waals surface area contributed by atoms with E-state index in [-0.39, 0.29) is 41.0 Å². The van der Waals surface area contributed by atoms with Crippen LogP contribution in [0.4, 0.5) is 11.4 Å². The fraction of sp³-hybridized carbons (Fsp3) is 0.268. The largest absolute Gasteiger partial charge is 0.504 e. The standard InChI is InChI=1S/C41H34Cl3N3O7/c1-20-4-9-24(18-30(20)43)46-37(49)27-13-12-26-28(35(27)39(46)51)19-29-38(50)47(45-32-14-8-23(42)17-31(32)44)40(52)41(29,22-6-10-25(53-2)11-7-22)36(26)21-5-15-34(54-3)33(48)16-21/h4-12,14-18,27-29,35-36,45,48H,13,19H2,1-3H3/t27-,28+,29-,35-,36-,41+/m0/s1. The molecule has 13 heteroatoms. The second-order valence-corrected chi connectivity index (χ2v) is 15.3. The molecule has 10 nitrogen and oxygen atoms in total. The number of rotatable bonds is 7. The van der Waals surface area contributed by atoms with E-state index in [0.29, 0.717) is 32.6 Å². The van der Waals surface area contributed by atoms with Gasteiger partial charge in [-0.15, -0.1) is 0 Å². The van der Waals surface area contributed by atoms with E-state index < -0.39 is 52.7 Å². The lowest BCUT2D eigenvalue weighted by atomic mass is 9.49. The van der Waals surface area contributed by atoms with Crippen molar-refractivity contribution in [1.29, 1.82) is 0 Å². The molecule has 1 saturated carbocycles. The molecule has 4 aromatic rings. The average molecular weight is 787 g/mol. The summed E-state index contributed by atoms with van der Waals surface area (Å²) in [4.78, 5) is 60.2. The van der Waals surface area contributed by atoms with E-state index in [9.17, 15) is 19.5 Å². The maximum atomic E-state index is 15.4. The van der Waals surface area contributed by atoms with E-state index in [0.717, 1.165) is 16.1 Å². The van der Waals surface area contributed by atoms with Crippen LogP contribution in [0.25, 0.3) is 0 Å². The van der Waals surface area contributed by atoms with Crippen LogP contribution < -0.4 is 19.8 Å². The van der Waals surface area contributed by atoms with Crippen molar-refractivity contribution < 1.29 is 33.8 Å². The Hall–Kier alpha value is -5.03. The van der Waals surface area contributed by atoms with Gasteiger partial charge < -0.3 is 14.6 Å². The molecule has 0 bridgehead atoms. The Kier molecular flexibility index (Phi) is 8.91. The molecule has 2 aliphatic heterocycles. The number of ether oxygens (including phenoxy) is 2. The summed E-state index contributed by atoms with van der Waals surface area (Å²) in [5.41, 5.74) is 4.64. The number of methoxy groups -OCH3 is 2. The molecular weight excluding hydrogens is 753 g/mol. The number of imide groups is 2. The van der Waals surface area contributed by atoms with Crippen LogP contribution >= 0.6 is 34.8 Å². The van der Waals surface area contributed by atoms with E-state index >= 15 is 4.79 Å². The monoisotopic (exact) mass is 785 g/mol. The molecule has 2 heterocycles. The Labute approximate surface area is 326 Å². The predicted molar refractivity (Wildman–Crippen MR) is 204 cm³/mol. The quantitative estimate of drug-likeness (QED) is 0.143. The van der Waals surface area contributed by atoms with E-state index in [1.54, 1.807) is 66.7 Å². The molecule has 6 atom stereocenters. The van der Waals surface area contributed by atoms with E-state index in [1.165, 1.54) is 31.3 Å². The number of hydrogen-bond acceptors (Lipinski definition) is 8. The van der Waals surface area contributed by atoms with Gasteiger partial charge in [0.1, 0.15) is 5.75 Å². The van der Waals surface area contributed by atoms with Crippen LogP contribution in [0.15, 0.2) is 90.5 Å². The van der Waals surface area contributed by atoms with Crippen molar-refractivity contribution >= 4 is 69.8 Å². The minimum Gasteiger partial charge on any atom is -0.504 e. The third-order valence-electron chi connectivity index (χ3n) is 11.5. The van der Waals surface area contributed by atoms with Gasteiger partial charge in [0.05, 0.1) is 53.8 Å². The molecule has 2 aliphatic carbocycles. The lowest BCUT2D eigenvalue weighted by molar-refractivity contribution is -0.138. The number of fused-ring (bicyclic) bond motifs is 4. The van der Waals surface area contributed by atoms with Crippen LogP contribution in [0.3, 0.4) is 0 Å². The molecule has 3 fully saturated rings. The first kappa shape index (κ1) is 36.0. The summed E-state index contributed by atoms with van der Waals surface area (Å²) in [5.74, 6) is -5.27. The summed E-state index contributed by atoms with van der Waals surface area (Å²) >= 11 is 19.2. The summed E-state index contributed by atoms with van der Waals surface area (Å²) in [6.45, 7) is 1.84. The van der Waals surface area contributed by atoms with Crippen molar-refractivity contribution in [2.75, 3.05) is 24.5 Å². The number of hydrazine groups is 1. The van der Waals surface area contributed by atoms with Gasteiger partial charge in [0.25, 0.3) is 11.8 Å². The molecule has 8 rings (SSSR count). The fourth-order valence-electron chi connectivity index (χ4n) is 9.08. The minimum absolute atomic E-state index is 0.0796. The first-order valence-corrected chi connectivity index (χ1v) is 18.5. The number of aromatic hydroxyl groups is 1. The molecular formula is C41H34Cl3N3O7. The molecule has 54 heavy (non-hydrogen) atoms. The number of nitrogens with zero attached hydrogens (tertiary/aromatic N) is 2. The van der Waals surface area contributed by atoms with Gasteiger partial charge in [-0.2, -0.15) is 5.01 Å². The van der Waals surface area contributed by atoms with Crippen LogP contribution in [0, 0.1) is 30.6 Å².